The van der Waals surface area contributed by atoms with E-state index in [2.05, 4.69) is 42.1 Å². The van der Waals surface area contributed by atoms with E-state index in [0.29, 0.717) is 17.7 Å². The normalized spacial score (nSPS) is 12.7. The van der Waals surface area contributed by atoms with Gasteiger partial charge >= 0.3 is 23.1 Å². The van der Waals surface area contributed by atoms with E-state index in [1.807, 2.05) is 13.2 Å². The molecule has 1 aliphatic heterocycles. The van der Waals surface area contributed by atoms with Crippen molar-refractivity contribution in [2.45, 2.75) is 25.9 Å². The van der Waals surface area contributed by atoms with E-state index in [9.17, 15) is 4.79 Å². The number of aldehydes is 1. The van der Waals surface area contributed by atoms with E-state index < -0.39 is 6.10 Å². The standard InChI is InChI=1S/C6H9BrN2O.C5H5BrN2O.C4H8O.CH3.BrH.Mg/c1-4(10)6-5(7)3-9(2)8-6;1-8-2-4(6)5(3-9)7-8;1-2-4-5-3-1;;;/h3-4,10H,1-2H3;2-3H,1H3;1-4H2;1H3;1H;/q;;;-1;;+2/p-1. The van der Waals surface area contributed by atoms with Gasteiger partial charge in [-0.15, -0.1) is 0 Å². The molecule has 1 aliphatic rings. The number of aliphatic hydroxyl groups is 1. The van der Waals surface area contributed by atoms with Crippen LogP contribution in [0.4, 0.5) is 0 Å². The molecular formula is C16H25Br3MgN4O3. The second-order valence-corrected chi connectivity index (χ2v) is 6.89. The van der Waals surface area contributed by atoms with Gasteiger partial charge in [-0.3, -0.25) is 14.2 Å². The molecule has 1 fully saturated rings. The molecule has 2 aromatic heterocycles. The topological polar surface area (TPSA) is 82.2 Å². The van der Waals surface area contributed by atoms with Gasteiger partial charge in [0.05, 0.1) is 15.0 Å². The Morgan fingerprint density at radius 1 is 1.15 bits per heavy atom. The number of aliphatic hydroxyl groups excluding tert-OH is 1. The van der Waals surface area contributed by atoms with E-state index in [4.69, 9.17) is 9.84 Å². The molecule has 2 aromatic rings. The van der Waals surface area contributed by atoms with E-state index in [1.165, 1.54) is 12.8 Å². The summed E-state index contributed by atoms with van der Waals surface area (Å²) in [6.07, 6.45) is 6.30. The fourth-order valence-corrected chi connectivity index (χ4v) is 3.00. The molecule has 0 bridgehead atoms. The summed E-state index contributed by atoms with van der Waals surface area (Å²) in [5.74, 6) is 0. The minimum absolute atomic E-state index is 0. The van der Waals surface area contributed by atoms with Crippen LogP contribution in [0.3, 0.4) is 0 Å². The summed E-state index contributed by atoms with van der Waals surface area (Å²) in [6, 6.07) is 0. The fraction of sp³-hybridized carbons (Fsp3) is 0.500. The predicted octanol–water partition coefficient (Wildman–Crippen LogP) is 0.101. The van der Waals surface area contributed by atoms with Crippen molar-refractivity contribution in [3.63, 3.8) is 0 Å². The Bertz CT molecular complexity index is 639. The molecule has 0 aromatic carbocycles. The van der Waals surface area contributed by atoms with E-state index in [0.717, 1.165) is 22.2 Å². The van der Waals surface area contributed by atoms with Crippen LogP contribution in [0.1, 0.15) is 42.1 Å². The van der Waals surface area contributed by atoms with Crippen LogP contribution in [-0.4, -0.2) is 67.2 Å². The third kappa shape index (κ3) is 12.4. The number of aromatic nitrogens is 4. The van der Waals surface area contributed by atoms with Crippen molar-refractivity contribution in [2.75, 3.05) is 13.2 Å². The fourth-order valence-electron chi connectivity index (χ4n) is 1.83. The quantitative estimate of drug-likeness (QED) is 0.308. The molecule has 1 unspecified atom stereocenters. The zero-order chi connectivity index (χ0) is 18.1. The van der Waals surface area contributed by atoms with Gasteiger partial charge in [0.1, 0.15) is 11.4 Å². The molecule has 1 N–H and O–H groups in total. The molecule has 7 nitrogen and oxygen atoms in total. The zero-order valence-corrected chi connectivity index (χ0v) is 22.2. The Morgan fingerprint density at radius 2 is 1.63 bits per heavy atom. The molecule has 1 atom stereocenters. The van der Waals surface area contributed by atoms with Gasteiger partial charge in [0.25, 0.3) is 0 Å². The maximum atomic E-state index is 10.1. The van der Waals surface area contributed by atoms with Crippen molar-refractivity contribution in [1.29, 1.82) is 0 Å². The molecular weight excluding hydrogens is 560 g/mol. The summed E-state index contributed by atoms with van der Waals surface area (Å²) >= 11 is 6.44. The average molecular weight is 585 g/mol. The van der Waals surface area contributed by atoms with Crippen LogP contribution < -0.4 is 17.0 Å². The van der Waals surface area contributed by atoms with Crippen molar-refractivity contribution < 1.29 is 31.6 Å². The average Bonchev–Trinajstić information content (AvgIpc) is 3.23. The number of hydrogen-bond acceptors (Lipinski definition) is 5. The number of rotatable bonds is 2. The predicted molar refractivity (Wildman–Crippen MR) is 110 cm³/mol. The summed E-state index contributed by atoms with van der Waals surface area (Å²) < 4.78 is 9.77. The maximum absolute atomic E-state index is 10.1. The Hall–Kier alpha value is 0.216. The SMILES string of the molecule is C1CCOC1.CC(O)c1nn(C)cc1Br.Cn1cc(Br)c(C=O)n1.[Br-].[CH3-].[Mg+2]. The number of nitrogens with zero attached hydrogens (tertiary/aromatic N) is 4. The molecule has 27 heavy (non-hydrogen) atoms. The number of aryl methyl sites for hydroxylation is 2. The van der Waals surface area contributed by atoms with Gasteiger partial charge < -0.3 is 34.3 Å². The zero-order valence-electron chi connectivity index (χ0n) is 16.0. The van der Waals surface area contributed by atoms with E-state index in [-0.39, 0.29) is 47.5 Å². The molecule has 3 heterocycles. The van der Waals surface area contributed by atoms with Gasteiger partial charge in [-0.05, 0) is 51.6 Å². The summed E-state index contributed by atoms with van der Waals surface area (Å²) in [4.78, 5) is 10.1. The van der Waals surface area contributed by atoms with E-state index >= 15 is 0 Å². The Labute approximate surface area is 204 Å². The number of hydrogen-bond donors (Lipinski definition) is 1. The van der Waals surface area contributed by atoms with Crippen molar-refractivity contribution >= 4 is 61.2 Å². The summed E-state index contributed by atoms with van der Waals surface area (Å²) in [5, 5.41) is 17.0. The first-order chi connectivity index (χ1) is 11.3. The Balaban J connectivity index is -0.000000316. The molecule has 3 rings (SSSR count). The summed E-state index contributed by atoms with van der Waals surface area (Å²) in [5.41, 5.74) is 1.13. The Kier molecular flexibility index (Phi) is 20.2. The van der Waals surface area contributed by atoms with Gasteiger partial charge in [0, 0.05) is 39.7 Å². The van der Waals surface area contributed by atoms with Crippen LogP contribution in [0.5, 0.6) is 0 Å². The van der Waals surface area contributed by atoms with Gasteiger partial charge in [-0.2, -0.15) is 10.2 Å². The first-order valence-electron chi connectivity index (χ1n) is 7.44. The summed E-state index contributed by atoms with van der Waals surface area (Å²) in [6.45, 7) is 3.69. The number of carbonyl (C=O) groups excluding carboxylic acids is 1. The van der Waals surface area contributed by atoms with Crippen LogP contribution in [0.2, 0.25) is 0 Å². The minimum Gasteiger partial charge on any atom is -1.00 e. The van der Waals surface area contributed by atoms with Gasteiger partial charge in [-0.1, -0.05) is 0 Å². The van der Waals surface area contributed by atoms with Crippen LogP contribution >= 0.6 is 31.9 Å². The smallest absolute Gasteiger partial charge is 1.00 e. The van der Waals surface area contributed by atoms with Gasteiger partial charge in [0.15, 0.2) is 6.29 Å². The molecule has 11 heteroatoms. The molecule has 0 aliphatic carbocycles. The van der Waals surface area contributed by atoms with E-state index in [1.54, 1.807) is 29.5 Å². The molecule has 0 spiro atoms. The van der Waals surface area contributed by atoms with Gasteiger partial charge in [0.2, 0.25) is 0 Å². The van der Waals surface area contributed by atoms with Crippen LogP contribution in [0.15, 0.2) is 21.3 Å². The minimum atomic E-state index is -0.504. The van der Waals surface area contributed by atoms with Crippen molar-refractivity contribution in [2.24, 2.45) is 14.1 Å². The van der Waals surface area contributed by atoms with Crippen LogP contribution in [0, 0.1) is 7.43 Å². The number of halogens is 3. The van der Waals surface area contributed by atoms with Crippen molar-refractivity contribution in [3.05, 3.63) is 40.2 Å². The monoisotopic (exact) mass is 582 g/mol. The Morgan fingerprint density at radius 3 is 1.81 bits per heavy atom. The molecule has 0 radical (unpaired) electrons. The summed E-state index contributed by atoms with van der Waals surface area (Å²) in [7, 11) is 3.58. The van der Waals surface area contributed by atoms with Gasteiger partial charge in [-0.25, -0.2) is 0 Å². The first-order valence-corrected chi connectivity index (χ1v) is 9.03. The first kappa shape index (κ1) is 31.9. The van der Waals surface area contributed by atoms with Crippen molar-refractivity contribution in [1.82, 2.24) is 19.6 Å². The number of carbonyl (C=O) groups is 1. The number of ether oxygens (including phenoxy) is 1. The largest absolute Gasteiger partial charge is 2.00 e. The van der Waals surface area contributed by atoms with Crippen molar-refractivity contribution in [3.8, 4) is 0 Å². The molecule has 0 amide bonds. The third-order valence-electron chi connectivity index (χ3n) is 2.96. The van der Waals surface area contributed by atoms with Crippen LogP contribution in [0.25, 0.3) is 0 Å². The molecule has 150 valence electrons. The molecule has 1 saturated heterocycles. The molecule has 0 saturated carbocycles. The third-order valence-corrected chi connectivity index (χ3v) is 4.18. The van der Waals surface area contributed by atoms with Crippen LogP contribution in [-0.2, 0) is 18.8 Å². The second-order valence-electron chi connectivity index (χ2n) is 5.19. The second kappa shape index (κ2) is 17.1. The maximum Gasteiger partial charge on any atom is 2.00 e.